The molecule has 0 aliphatic carbocycles. The average Bonchev–Trinajstić information content (AvgIpc) is 3.23. The monoisotopic (exact) mass is 581 g/mol. The summed E-state index contributed by atoms with van der Waals surface area (Å²) in [7, 11) is 9.34. The Kier molecular flexibility index (Phi) is 10.5. The Morgan fingerprint density at radius 2 is 1.58 bits per heavy atom. The number of nitrogens with zero attached hydrogens (tertiary/aromatic N) is 2. The first-order valence-electron chi connectivity index (χ1n) is 12.1. The summed E-state index contributed by atoms with van der Waals surface area (Å²) in [5, 5.41) is 11.1. The van der Waals surface area contributed by atoms with Crippen LogP contribution in [-0.2, 0) is 28.7 Å². The van der Waals surface area contributed by atoms with Crippen LogP contribution < -0.4 is 0 Å². The van der Waals surface area contributed by atoms with Crippen molar-refractivity contribution in [2.45, 2.75) is 85.2 Å². The van der Waals surface area contributed by atoms with Gasteiger partial charge in [0.25, 0.3) is 0 Å². The van der Waals surface area contributed by atoms with Crippen LogP contribution in [-0.4, -0.2) is 29.9 Å². The summed E-state index contributed by atoms with van der Waals surface area (Å²) in [5.74, 6) is 0.957. The van der Waals surface area contributed by atoms with Gasteiger partial charge in [0.2, 0.25) is 5.90 Å². The second kappa shape index (κ2) is 12.3. The minimum atomic E-state index is -0.248. The van der Waals surface area contributed by atoms with Crippen molar-refractivity contribution in [3.63, 3.8) is 0 Å². The molecule has 0 amide bonds. The van der Waals surface area contributed by atoms with Crippen LogP contribution in [0.5, 0.6) is 5.75 Å². The third-order valence-corrected chi connectivity index (χ3v) is 6.09. The van der Waals surface area contributed by atoms with Crippen molar-refractivity contribution in [3.8, 4) is 5.75 Å². The predicted molar refractivity (Wildman–Crippen MR) is 151 cm³/mol. The SMILES string of the molecule is CC(C)(C)c1cc(C=N[C@H](C2=N[C@H](c3ccccc3)CO2)C(C)(C)C)c(O)c(C(C)(C)C)c1.[Cl][Cu][Cl]. The summed E-state index contributed by atoms with van der Waals surface area (Å²) in [4.78, 5) is 9.83. The molecule has 0 saturated heterocycles. The molecular formula is C29H40Cl2CuN2O2. The summed E-state index contributed by atoms with van der Waals surface area (Å²) in [6.07, 6.45) is 1.80. The number of hydrogen-bond acceptors (Lipinski definition) is 4. The van der Waals surface area contributed by atoms with E-state index in [2.05, 4.69) is 107 Å². The van der Waals surface area contributed by atoms with E-state index < -0.39 is 0 Å². The fraction of sp³-hybridized carbons (Fsp3) is 0.517. The molecule has 4 nitrogen and oxygen atoms in total. The number of aromatic hydroxyl groups is 1. The summed E-state index contributed by atoms with van der Waals surface area (Å²) in [5.41, 5.74) is 3.58. The zero-order valence-corrected chi connectivity index (χ0v) is 25.2. The number of hydrogen-bond donors (Lipinski definition) is 1. The quantitative estimate of drug-likeness (QED) is 0.291. The van der Waals surface area contributed by atoms with Gasteiger partial charge in [-0.3, -0.25) is 4.99 Å². The topological polar surface area (TPSA) is 54.2 Å². The molecule has 0 saturated carbocycles. The molecule has 0 fully saturated rings. The number of phenolic OH excluding ortho intramolecular Hbond substituents is 1. The van der Waals surface area contributed by atoms with E-state index in [-0.39, 0.29) is 28.3 Å². The van der Waals surface area contributed by atoms with Crippen LogP contribution in [0.4, 0.5) is 0 Å². The van der Waals surface area contributed by atoms with Gasteiger partial charge in [-0.25, -0.2) is 4.99 Å². The molecule has 3 rings (SSSR count). The van der Waals surface area contributed by atoms with Crippen molar-refractivity contribution in [3.05, 3.63) is 64.7 Å². The number of halogens is 2. The Balaban J connectivity index is 0.00000145. The van der Waals surface area contributed by atoms with Crippen molar-refractivity contribution in [2.24, 2.45) is 15.4 Å². The van der Waals surface area contributed by atoms with E-state index in [9.17, 15) is 5.11 Å². The molecule has 7 heteroatoms. The van der Waals surface area contributed by atoms with Gasteiger partial charge in [0.05, 0.1) is 0 Å². The third kappa shape index (κ3) is 8.24. The molecule has 0 radical (unpaired) electrons. The molecule has 2 aromatic carbocycles. The van der Waals surface area contributed by atoms with Gasteiger partial charge in [0.1, 0.15) is 24.4 Å². The van der Waals surface area contributed by atoms with E-state index in [0.717, 1.165) is 29.8 Å². The van der Waals surface area contributed by atoms with E-state index in [0.29, 0.717) is 18.3 Å². The average molecular weight is 583 g/mol. The van der Waals surface area contributed by atoms with E-state index >= 15 is 0 Å². The molecule has 0 spiro atoms. The number of rotatable bonds is 4. The molecule has 0 aromatic heterocycles. The van der Waals surface area contributed by atoms with E-state index in [4.69, 9.17) is 14.7 Å². The second-order valence-corrected chi connectivity index (χ2v) is 13.8. The van der Waals surface area contributed by atoms with Crippen LogP contribution in [0.3, 0.4) is 0 Å². The summed E-state index contributed by atoms with van der Waals surface area (Å²) < 4.78 is 6.06. The van der Waals surface area contributed by atoms with E-state index in [1.54, 1.807) is 6.21 Å². The molecule has 1 aliphatic rings. The van der Waals surface area contributed by atoms with Gasteiger partial charge in [-0.2, -0.15) is 0 Å². The van der Waals surface area contributed by atoms with Gasteiger partial charge in [0, 0.05) is 17.3 Å². The molecule has 0 unspecified atom stereocenters. The predicted octanol–water partition coefficient (Wildman–Crippen LogP) is 8.37. The molecule has 2 aromatic rings. The van der Waals surface area contributed by atoms with Gasteiger partial charge >= 0.3 is 33.3 Å². The van der Waals surface area contributed by atoms with Crippen molar-refractivity contribution in [1.82, 2.24) is 0 Å². The van der Waals surface area contributed by atoms with Crippen LogP contribution in [0.1, 0.15) is 90.6 Å². The van der Waals surface area contributed by atoms with Crippen LogP contribution in [0.2, 0.25) is 0 Å². The first-order valence-corrected chi connectivity index (χ1v) is 14.7. The van der Waals surface area contributed by atoms with Crippen molar-refractivity contribution in [1.29, 1.82) is 0 Å². The Morgan fingerprint density at radius 1 is 1.00 bits per heavy atom. The molecule has 1 aliphatic heterocycles. The van der Waals surface area contributed by atoms with Gasteiger partial charge in [-0.1, -0.05) is 98.7 Å². The van der Waals surface area contributed by atoms with Crippen LogP contribution in [0, 0.1) is 5.41 Å². The Hall–Kier alpha value is -1.52. The van der Waals surface area contributed by atoms with Gasteiger partial charge in [0.15, 0.2) is 0 Å². The Bertz CT molecular complexity index is 1070. The molecule has 36 heavy (non-hydrogen) atoms. The summed E-state index contributed by atoms with van der Waals surface area (Å²) >= 11 is 0.757. The fourth-order valence-corrected chi connectivity index (χ4v) is 3.96. The van der Waals surface area contributed by atoms with Gasteiger partial charge < -0.3 is 9.84 Å². The number of aliphatic imine (C=N–C) groups is 2. The van der Waals surface area contributed by atoms with Crippen molar-refractivity contribution in [2.75, 3.05) is 6.61 Å². The molecule has 1 N–H and O–H groups in total. The van der Waals surface area contributed by atoms with Crippen molar-refractivity contribution >= 4 is 32.3 Å². The zero-order chi connectivity index (χ0) is 27.3. The Morgan fingerprint density at radius 3 is 2.08 bits per heavy atom. The van der Waals surface area contributed by atoms with Crippen molar-refractivity contribution < 1.29 is 23.0 Å². The van der Waals surface area contributed by atoms with Gasteiger partial charge in [-0.05, 0) is 33.4 Å². The first-order chi connectivity index (χ1) is 16.6. The number of ether oxygens (including phenoxy) is 1. The third-order valence-electron chi connectivity index (χ3n) is 6.09. The number of benzene rings is 2. The zero-order valence-electron chi connectivity index (χ0n) is 22.8. The van der Waals surface area contributed by atoms with Crippen LogP contribution in [0.15, 0.2) is 52.4 Å². The molecule has 0 bridgehead atoms. The normalized spacial score (nSPS) is 17.4. The maximum absolute atomic E-state index is 11.1. The first kappa shape index (κ1) is 30.7. The maximum atomic E-state index is 11.1. The standard InChI is InChI=1S/C29H40N2O2.2ClH.Cu/c1-27(2,3)21-15-20(24(32)22(16-21)28(4,5)6)17-30-25(29(7,8)9)26-31-23(18-33-26)19-13-11-10-12-14-19;;;/h10-17,23,25,32H,18H2,1-9H3;2*1H;/q;;;+2/p-2/t23-,25+;;;/m0.../s1. The van der Waals surface area contributed by atoms with Crippen LogP contribution >= 0.6 is 20.2 Å². The number of phenols is 1. The molecule has 1 heterocycles. The van der Waals surface area contributed by atoms with E-state index in [1.807, 2.05) is 18.2 Å². The summed E-state index contributed by atoms with van der Waals surface area (Å²) in [6, 6.07) is 14.2. The van der Waals surface area contributed by atoms with Gasteiger partial charge in [-0.15, -0.1) is 0 Å². The molecule has 2 atom stereocenters. The molecule has 203 valence electrons. The summed E-state index contributed by atoms with van der Waals surface area (Å²) in [6.45, 7) is 19.9. The minimum absolute atomic E-state index is 0.00800. The van der Waals surface area contributed by atoms with E-state index in [1.165, 1.54) is 5.56 Å². The molecular weight excluding hydrogens is 543 g/mol. The van der Waals surface area contributed by atoms with Crippen LogP contribution in [0.25, 0.3) is 0 Å². The fourth-order valence-electron chi connectivity index (χ4n) is 3.96. The second-order valence-electron chi connectivity index (χ2n) is 12.3. The Labute approximate surface area is 232 Å².